The van der Waals surface area contributed by atoms with Gasteiger partial charge < -0.3 is 10.2 Å². The number of fused-ring (bicyclic) bond motifs is 4. The topological polar surface area (TPSA) is 140 Å². The Morgan fingerprint density at radius 1 is 0.580 bits per heavy atom. The van der Waals surface area contributed by atoms with Crippen LogP contribution in [0.15, 0.2) is 103 Å². The molecule has 0 spiro atoms. The normalized spacial score (nSPS) is 20.1. The summed E-state index contributed by atoms with van der Waals surface area (Å²) in [7, 11) is 0. The Kier molecular flexibility index (Phi) is 11.9. The lowest BCUT2D eigenvalue weighted by atomic mass is 9.90. The highest BCUT2D eigenvalue weighted by Crippen LogP contribution is 2.26. The number of benzene rings is 2. The van der Waals surface area contributed by atoms with Crippen molar-refractivity contribution in [2.75, 3.05) is 39.3 Å². The zero-order chi connectivity index (χ0) is 35.4. The first-order valence-corrected chi connectivity index (χ1v) is 16.6. The molecule has 1 aliphatic rings. The zero-order valence-corrected chi connectivity index (χ0v) is 29.1. The van der Waals surface area contributed by atoms with Crippen molar-refractivity contribution in [2.24, 2.45) is 40.8 Å². The molecule has 50 heavy (non-hydrogen) atoms. The minimum atomic E-state index is -0.462. The van der Waals surface area contributed by atoms with E-state index >= 15 is 0 Å². The second-order valence-electron chi connectivity index (χ2n) is 13.5. The number of aliphatic imine (C=N–C) groups is 6. The van der Waals surface area contributed by atoms with Crippen molar-refractivity contribution in [1.29, 1.82) is 0 Å². The number of nitrogens with zero attached hydrogens (tertiary/aromatic N) is 8. The molecule has 2 aromatic carbocycles. The number of pyridine rings is 2. The first-order valence-electron chi connectivity index (χ1n) is 16.6. The predicted octanol–water partition coefficient (Wildman–Crippen LogP) is 6.14. The molecule has 0 aliphatic carbocycles. The molecule has 10 nitrogen and oxygen atoms in total. The molecule has 2 N–H and O–H groups in total. The molecule has 0 saturated carbocycles. The smallest absolute Gasteiger partial charge is 0.133 e. The summed E-state index contributed by atoms with van der Waals surface area (Å²) in [5.74, 6) is 0.227. The van der Waals surface area contributed by atoms with Crippen molar-refractivity contribution in [3.8, 4) is 11.5 Å². The Bertz CT molecular complexity index is 1720. The largest absolute Gasteiger partial charge is 0.507 e. The highest BCUT2D eigenvalue weighted by molar-refractivity contribution is 5.93. The minimum Gasteiger partial charge on any atom is -0.507 e. The van der Waals surface area contributed by atoms with Crippen LogP contribution in [0.25, 0.3) is 0 Å². The SMILES string of the molecule is Cc1cc2c(O)c(c1)C=NCC(C)(CN=Cc1ccccn1)CN=Cc1cc(C)cc(c1O)C=NCC(C)(CN=Cc1ccccn1)CN=C2. The average Bonchev–Trinajstić information content (AvgIpc) is 3.09. The summed E-state index contributed by atoms with van der Waals surface area (Å²) in [4.78, 5) is 37.1. The van der Waals surface area contributed by atoms with E-state index < -0.39 is 10.8 Å². The highest BCUT2D eigenvalue weighted by Gasteiger charge is 2.25. The second kappa shape index (κ2) is 16.6. The Morgan fingerprint density at radius 3 is 1.22 bits per heavy atom. The summed E-state index contributed by atoms with van der Waals surface area (Å²) in [5.41, 5.74) is 4.98. The van der Waals surface area contributed by atoms with E-state index in [-0.39, 0.29) is 11.5 Å². The van der Waals surface area contributed by atoms with Crippen LogP contribution in [0.2, 0.25) is 0 Å². The van der Waals surface area contributed by atoms with Crippen LogP contribution in [-0.2, 0) is 0 Å². The van der Waals surface area contributed by atoms with Gasteiger partial charge in [0.15, 0.2) is 0 Å². The molecule has 5 rings (SSSR count). The average molecular weight is 669 g/mol. The number of hydrogen-bond donors (Lipinski definition) is 2. The van der Waals surface area contributed by atoms with Gasteiger partial charge in [0.05, 0.1) is 11.4 Å². The monoisotopic (exact) mass is 668 g/mol. The van der Waals surface area contributed by atoms with Crippen molar-refractivity contribution >= 4 is 37.3 Å². The van der Waals surface area contributed by atoms with E-state index in [1.807, 2.05) is 74.5 Å². The molecule has 0 unspecified atom stereocenters. The van der Waals surface area contributed by atoms with Gasteiger partial charge in [0.25, 0.3) is 0 Å². The van der Waals surface area contributed by atoms with E-state index in [1.54, 1.807) is 49.7 Å². The number of hydrogen-bond acceptors (Lipinski definition) is 10. The molecular weight excluding hydrogens is 624 g/mol. The van der Waals surface area contributed by atoms with E-state index in [0.717, 1.165) is 22.5 Å². The lowest BCUT2D eigenvalue weighted by Crippen LogP contribution is -2.28. The van der Waals surface area contributed by atoms with Crippen molar-refractivity contribution in [3.05, 3.63) is 118 Å². The number of phenolic OH excluding ortho intramolecular Hbond substituents is 2. The first kappa shape index (κ1) is 35.7. The van der Waals surface area contributed by atoms with Crippen molar-refractivity contribution in [2.45, 2.75) is 27.7 Å². The summed E-state index contributed by atoms with van der Waals surface area (Å²) < 4.78 is 0. The highest BCUT2D eigenvalue weighted by atomic mass is 16.3. The Morgan fingerprint density at radius 2 is 0.920 bits per heavy atom. The lowest BCUT2D eigenvalue weighted by Gasteiger charge is -2.24. The summed E-state index contributed by atoms with van der Waals surface area (Å²) in [6.45, 7) is 10.6. The Balaban J connectivity index is 1.49. The maximum absolute atomic E-state index is 11.2. The zero-order valence-electron chi connectivity index (χ0n) is 29.1. The molecular formula is C40H44N8O2. The van der Waals surface area contributed by atoms with E-state index in [2.05, 4.69) is 33.8 Å². The van der Waals surface area contributed by atoms with E-state index in [1.165, 1.54) is 0 Å². The predicted molar refractivity (Wildman–Crippen MR) is 205 cm³/mol. The molecule has 1 aliphatic heterocycles. The number of aromatic hydroxyl groups is 2. The third kappa shape index (κ3) is 10.2. The number of aryl methyl sites for hydroxylation is 2. The Hall–Kier alpha value is -5.64. The van der Waals surface area contributed by atoms with Crippen LogP contribution in [0.4, 0.5) is 0 Å². The van der Waals surface area contributed by atoms with E-state index in [0.29, 0.717) is 61.5 Å². The van der Waals surface area contributed by atoms with Crippen LogP contribution in [0.1, 0.15) is 58.6 Å². The molecule has 4 bridgehead atoms. The quantitative estimate of drug-likeness (QED) is 0.238. The van der Waals surface area contributed by atoms with Gasteiger partial charge in [0.2, 0.25) is 0 Å². The van der Waals surface area contributed by atoms with Gasteiger partial charge in [0, 0.05) is 122 Å². The third-order valence-corrected chi connectivity index (χ3v) is 8.21. The molecule has 3 heterocycles. The summed E-state index contributed by atoms with van der Waals surface area (Å²) >= 11 is 0. The second-order valence-corrected chi connectivity index (χ2v) is 13.5. The number of phenols is 2. The van der Waals surface area contributed by atoms with Gasteiger partial charge >= 0.3 is 0 Å². The maximum Gasteiger partial charge on any atom is 0.133 e. The summed E-state index contributed by atoms with van der Waals surface area (Å²) in [5, 5.41) is 22.5. The Labute approximate surface area is 294 Å². The number of aromatic nitrogens is 2. The summed E-state index contributed by atoms with van der Waals surface area (Å²) in [6, 6.07) is 19.0. The van der Waals surface area contributed by atoms with Gasteiger partial charge in [-0.2, -0.15) is 0 Å². The van der Waals surface area contributed by atoms with Gasteiger partial charge in [0.1, 0.15) is 11.5 Å². The van der Waals surface area contributed by atoms with E-state index in [9.17, 15) is 10.2 Å². The molecule has 2 aromatic heterocycles. The van der Waals surface area contributed by atoms with Gasteiger partial charge in [-0.3, -0.25) is 39.9 Å². The van der Waals surface area contributed by atoms with Gasteiger partial charge in [-0.15, -0.1) is 0 Å². The van der Waals surface area contributed by atoms with Crippen molar-refractivity contribution in [3.63, 3.8) is 0 Å². The van der Waals surface area contributed by atoms with Crippen molar-refractivity contribution in [1.82, 2.24) is 9.97 Å². The summed E-state index contributed by atoms with van der Waals surface area (Å²) in [6.07, 6.45) is 13.8. The fourth-order valence-corrected chi connectivity index (χ4v) is 5.45. The van der Waals surface area contributed by atoms with Gasteiger partial charge in [-0.05, 0) is 73.5 Å². The molecule has 4 aromatic rings. The maximum atomic E-state index is 11.2. The van der Waals surface area contributed by atoms with E-state index in [4.69, 9.17) is 20.0 Å². The van der Waals surface area contributed by atoms with Crippen LogP contribution in [0.3, 0.4) is 0 Å². The van der Waals surface area contributed by atoms with Crippen LogP contribution < -0.4 is 0 Å². The molecule has 0 amide bonds. The molecule has 0 radical (unpaired) electrons. The molecule has 10 heteroatoms. The minimum absolute atomic E-state index is 0.114. The lowest BCUT2D eigenvalue weighted by molar-refractivity contribution is 0.366. The fraction of sp³-hybridized carbons (Fsp3) is 0.300. The molecule has 0 saturated heterocycles. The van der Waals surface area contributed by atoms with Crippen LogP contribution >= 0.6 is 0 Å². The van der Waals surface area contributed by atoms with Crippen LogP contribution in [0, 0.1) is 24.7 Å². The third-order valence-electron chi connectivity index (χ3n) is 8.21. The fourth-order valence-electron chi connectivity index (χ4n) is 5.45. The van der Waals surface area contributed by atoms with Gasteiger partial charge in [-0.25, -0.2) is 0 Å². The van der Waals surface area contributed by atoms with Crippen LogP contribution in [0.5, 0.6) is 11.5 Å². The first-order chi connectivity index (χ1) is 24.1. The molecule has 0 atom stereocenters. The standard InChI is InChI=1S/C40H44N8O2/c1-29-13-31-17-41-23-39(3,27-45-21-35-9-5-7-11-47-35)25-43-19-33-15-30(2)16-34(38(33)50)20-44-26-40(4,24-42-18-32(14-29)37(31)49)28-46-22-36-10-6-8-12-48-36/h5-22,49-50H,23-28H2,1-4H3. The van der Waals surface area contributed by atoms with Crippen LogP contribution in [-0.4, -0.2) is 96.7 Å². The molecule has 256 valence electrons. The van der Waals surface area contributed by atoms with Gasteiger partial charge in [-0.1, -0.05) is 26.0 Å². The molecule has 0 fully saturated rings. The number of rotatable bonds is 6. The van der Waals surface area contributed by atoms with Crippen molar-refractivity contribution < 1.29 is 10.2 Å².